The highest BCUT2D eigenvalue weighted by Crippen LogP contribution is 2.27. The normalized spacial score (nSPS) is 26.4. The van der Waals surface area contributed by atoms with Crippen molar-refractivity contribution in [1.29, 1.82) is 0 Å². The molecule has 1 amide bonds. The van der Waals surface area contributed by atoms with Crippen LogP contribution in [0.2, 0.25) is 0 Å². The lowest BCUT2D eigenvalue weighted by molar-refractivity contribution is -0.129. The zero-order chi connectivity index (χ0) is 15.4. The average Bonchev–Trinajstić information content (AvgIpc) is 2.47. The zero-order valence-electron chi connectivity index (χ0n) is 13.1. The lowest BCUT2D eigenvalue weighted by Crippen LogP contribution is -2.54. The molecule has 1 saturated heterocycles. The van der Waals surface area contributed by atoms with Crippen LogP contribution in [0.5, 0.6) is 0 Å². The molecule has 0 bridgehead atoms. The van der Waals surface area contributed by atoms with Crippen LogP contribution in [-0.2, 0) is 11.3 Å². The van der Waals surface area contributed by atoms with Crippen molar-refractivity contribution in [2.45, 2.75) is 38.3 Å². The highest BCUT2D eigenvalue weighted by molar-refractivity contribution is 5.79. The van der Waals surface area contributed by atoms with Gasteiger partial charge in [0.2, 0.25) is 5.91 Å². The van der Waals surface area contributed by atoms with Gasteiger partial charge < -0.3 is 10.4 Å². The van der Waals surface area contributed by atoms with E-state index in [1.165, 1.54) is 12.0 Å². The Balaban J connectivity index is 1.58. The van der Waals surface area contributed by atoms with Gasteiger partial charge in [0.15, 0.2) is 0 Å². The molecule has 120 valence electrons. The lowest BCUT2D eigenvalue weighted by atomic mass is 9.83. The van der Waals surface area contributed by atoms with Gasteiger partial charge in [0.05, 0.1) is 0 Å². The second-order valence-electron chi connectivity index (χ2n) is 6.69. The van der Waals surface area contributed by atoms with Gasteiger partial charge in [-0.1, -0.05) is 36.8 Å². The lowest BCUT2D eigenvalue weighted by Gasteiger charge is -2.39. The van der Waals surface area contributed by atoms with Crippen molar-refractivity contribution in [1.82, 2.24) is 10.2 Å². The average molecular weight is 302 g/mol. The number of piperidine rings is 1. The number of carbonyl (C=O) groups excluding carboxylic acids is 1. The number of benzene rings is 1. The first-order valence-electron chi connectivity index (χ1n) is 8.44. The number of hydrogen-bond acceptors (Lipinski definition) is 3. The van der Waals surface area contributed by atoms with E-state index in [0.717, 1.165) is 38.9 Å². The molecule has 1 saturated carbocycles. The van der Waals surface area contributed by atoms with E-state index in [4.69, 9.17) is 0 Å². The summed E-state index contributed by atoms with van der Waals surface area (Å²) < 4.78 is 0. The van der Waals surface area contributed by atoms with Crippen molar-refractivity contribution < 1.29 is 9.90 Å². The van der Waals surface area contributed by atoms with Gasteiger partial charge in [0.25, 0.3) is 0 Å². The molecule has 2 N–H and O–H groups in total. The third-order valence-corrected chi connectivity index (χ3v) is 5.13. The molecule has 1 aliphatic heterocycles. The van der Waals surface area contributed by atoms with Gasteiger partial charge in [-0.15, -0.1) is 0 Å². The largest absolute Gasteiger partial charge is 0.396 e. The second kappa shape index (κ2) is 7.25. The fourth-order valence-electron chi connectivity index (χ4n) is 3.41. The standard InChI is InChI=1S/C18H26N2O2/c21-13-16-9-10-20(11-14-5-2-1-3-6-14)12-17(16)19-18(22)15-7-4-8-15/h1-3,5-6,15-17,21H,4,7-13H2,(H,19,22). The van der Waals surface area contributed by atoms with Gasteiger partial charge in [0.1, 0.15) is 0 Å². The van der Waals surface area contributed by atoms with E-state index in [-0.39, 0.29) is 30.4 Å². The molecule has 0 radical (unpaired) electrons. The number of amides is 1. The SMILES string of the molecule is O=C(NC1CN(Cc2ccccc2)CCC1CO)C1CCC1. The second-order valence-corrected chi connectivity index (χ2v) is 6.69. The van der Waals surface area contributed by atoms with Crippen LogP contribution < -0.4 is 5.32 Å². The van der Waals surface area contributed by atoms with E-state index in [1.807, 2.05) is 6.07 Å². The Kier molecular flexibility index (Phi) is 5.11. The van der Waals surface area contributed by atoms with E-state index in [2.05, 4.69) is 34.5 Å². The van der Waals surface area contributed by atoms with Crippen molar-refractivity contribution in [2.24, 2.45) is 11.8 Å². The molecule has 22 heavy (non-hydrogen) atoms. The first kappa shape index (κ1) is 15.5. The zero-order valence-corrected chi connectivity index (χ0v) is 13.1. The Morgan fingerprint density at radius 3 is 2.64 bits per heavy atom. The van der Waals surface area contributed by atoms with Crippen molar-refractivity contribution in [3.05, 3.63) is 35.9 Å². The predicted octanol–water partition coefficient (Wildman–Crippen LogP) is 1.79. The van der Waals surface area contributed by atoms with Crippen LogP contribution in [0, 0.1) is 11.8 Å². The summed E-state index contributed by atoms with van der Waals surface area (Å²) in [6, 6.07) is 10.5. The summed E-state index contributed by atoms with van der Waals surface area (Å²) in [4.78, 5) is 14.6. The summed E-state index contributed by atoms with van der Waals surface area (Å²) in [5.74, 6) is 0.594. The van der Waals surface area contributed by atoms with Crippen molar-refractivity contribution >= 4 is 5.91 Å². The number of aliphatic hydroxyl groups is 1. The Hall–Kier alpha value is -1.39. The fraction of sp³-hybridized carbons (Fsp3) is 0.611. The summed E-state index contributed by atoms with van der Waals surface area (Å²) in [5, 5.41) is 12.8. The maximum Gasteiger partial charge on any atom is 0.223 e. The Bertz CT molecular complexity index is 487. The number of rotatable bonds is 5. The van der Waals surface area contributed by atoms with Gasteiger partial charge in [-0.3, -0.25) is 9.69 Å². The maximum atomic E-state index is 12.2. The summed E-state index contributed by atoms with van der Waals surface area (Å²) >= 11 is 0. The van der Waals surface area contributed by atoms with Gasteiger partial charge in [-0.2, -0.15) is 0 Å². The minimum Gasteiger partial charge on any atom is -0.396 e. The Morgan fingerprint density at radius 1 is 1.23 bits per heavy atom. The Labute approximate surface area is 132 Å². The van der Waals surface area contributed by atoms with Gasteiger partial charge in [-0.25, -0.2) is 0 Å². The summed E-state index contributed by atoms with van der Waals surface area (Å²) in [5.41, 5.74) is 1.30. The fourth-order valence-corrected chi connectivity index (χ4v) is 3.41. The topological polar surface area (TPSA) is 52.6 Å². The van der Waals surface area contributed by atoms with E-state index in [0.29, 0.717) is 0 Å². The van der Waals surface area contributed by atoms with Crippen molar-refractivity contribution in [2.75, 3.05) is 19.7 Å². The molecule has 2 aliphatic rings. The van der Waals surface area contributed by atoms with Crippen LogP contribution in [0.25, 0.3) is 0 Å². The number of aliphatic hydroxyl groups excluding tert-OH is 1. The highest BCUT2D eigenvalue weighted by Gasteiger charge is 2.33. The molecule has 4 nitrogen and oxygen atoms in total. The predicted molar refractivity (Wildman–Crippen MR) is 86.2 cm³/mol. The number of likely N-dealkylation sites (tertiary alicyclic amines) is 1. The highest BCUT2D eigenvalue weighted by atomic mass is 16.3. The molecule has 1 aromatic rings. The van der Waals surface area contributed by atoms with E-state index < -0.39 is 0 Å². The Morgan fingerprint density at radius 2 is 2.00 bits per heavy atom. The van der Waals surface area contributed by atoms with Crippen LogP contribution >= 0.6 is 0 Å². The van der Waals surface area contributed by atoms with E-state index >= 15 is 0 Å². The minimum absolute atomic E-state index is 0.0792. The molecule has 0 spiro atoms. The van der Waals surface area contributed by atoms with Crippen LogP contribution in [-0.4, -0.2) is 41.7 Å². The van der Waals surface area contributed by atoms with E-state index in [9.17, 15) is 9.90 Å². The number of carbonyl (C=O) groups is 1. The first-order valence-corrected chi connectivity index (χ1v) is 8.44. The summed E-state index contributed by atoms with van der Waals surface area (Å²) in [6.45, 7) is 2.89. The molecule has 2 unspecified atom stereocenters. The molecule has 2 atom stereocenters. The quantitative estimate of drug-likeness (QED) is 0.872. The van der Waals surface area contributed by atoms with Crippen molar-refractivity contribution in [3.63, 3.8) is 0 Å². The molecule has 3 rings (SSSR count). The van der Waals surface area contributed by atoms with Gasteiger partial charge >= 0.3 is 0 Å². The number of hydrogen-bond donors (Lipinski definition) is 2. The molecule has 1 aliphatic carbocycles. The molecular formula is C18H26N2O2. The van der Waals surface area contributed by atoms with E-state index in [1.54, 1.807) is 0 Å². The van der Waals surface area contributed by atoms with Crippen molar-refractivity contribution in [3.8, 4) is 0 Å². The minimum atomic E-state index is 0.0792. The van der Waals surface area contributed by atoms with Crippen LogP contribution in [0.4, 0.5) is 0 Å². The smallest absolute Gasteiger partial charge is 0.223 e. The molecule has 2 fully saturated rings. The molecule has 0 aromatic heterocycles. The van der Waals surface area contributed by atoms with Crippen LogP contribution in [0.15, 0.2) is 30.3 Å². The molecular weight excluding hydrogens is 276 g/mol. The van der Waals surface area contributed by atoms with Crippen LogP contribution in [0.3, 0.4) is 0 Å². The monoisotopic (exact) mass is 302 g/mol. The number of nitrogens with one attached hydrogen (secondary N) is 1. The third-order valence-electron chi connectivity index (χ3n) is 5.13. The van der Waals surface area contributed by atoms with Gasteiger partial charge in [0, 0.05) is 37.6 Å². The molecule has 1 aromatic carbocycles. The molecule has 1 heterocycles. The number of nitrogens with zero attached hydrogens (tertiary/aromatic N) is 1. The summed E-state index contributed by atoms with van der Waals surface area (Å²) in [6.07, 6.45) is 4.16. The van der Waals surface area contributed by atoms with Gasteiger partial charge in [-0.05, 0) is 31.4 Å². The summed E-state index contributed by atoms with van der Waals surface area (Å²) in [7, 11) is 0. The maximum absolute atomic E-state index is 12.2. The van der Waals surface area contributed by atoms with Crippen LogP contribution in [0.1, 0.15) is 31.2 Å². The molecule has 4 heteroatoms. The third kappa shape index (κ3) is 3.68. The first-order chi connectivity index (χ1) is 10.8.